The van der Waals surface area contributed by atoms with Crippen molar-refractivity contribution in [3.05, 3.63) is 0 Å². The number of primary amides is 1. The van der Waals surface area contributed by atoms with Crippen molar-refractivity contribution in [3.63, 3.8) is 0 Å². The van der Waals surface area contributed by atoms with Gasteiger partial charge in [0.15, 0.2) is 6.10 Å². The lowest BCUT2D eigenvalue weighted by molar-refractivity contribution is -0.199. The van der Waals surface area contributed by atoms with Crippen molar-refractivity contribution in [2.45, 2.75) is 83.5 Å². The Balaban J connectivity index is 1.42. The Morgan fingerprint density at radius 3 is 2.53 bits per heavy atom. The predicted octanol–water partition coefficient (Wildman–Crippen LogP) is 1.25. The molecule has 2 saturated heterocycles. The quantitative estimate of drug-likeness (QED) is 0.502. The van der Waals surface area contributed by atoms with Crippen LogP contribution in [0.2, 0.25) is 0 Å². The van der Waals surface area contributed by atoms with E-state index in [1.165, 1.54) is 0 Å². The van der Waals surface area contributed by atoms with Gasteiger partial charge in [0.2, 0.25) is 5.91 Å². The summed E-state index contributed by atoms with van der Waals surface area (Å²) in [4.78, 5) is 38.9. The van der Waals surface area contributed by atoms with Crippen molar-refractivity contribution in [1.82, 2.24) is 10.2 Å². The van der Waals surface area contributed by atoms with Crippen LogP contribution in [-0.2, 0) is 28.4 Å². The topological polar surface area (TPSA) is 129 Å². The number of carbonyl (C=O) groups excluding carboxylic acids is 3. The van der Waals surface area contributed by atoms with Crippen LogP contribution in [0.15, 0.2) is 0 Å². The molecule has 2 bridgehead atoms. The van der Waals surface area contributed by atoms with E-state index in [4.69, 9.17) is 24.5 Å². The zero-order valence-corrected chi connectivity index (χ0v) is 20.7. The average molecular weight is 479 g/mol. The van der Waals surface area contributed by atoms with Gasteiger partial charge in [0.1, 0.15) is 0 Å². The van der Waals surface area contributed by atoms with Crippen LogP contribution in [0.5, 0.6) is 0 Å². The van der Waals surface area contributed by atoms with Crippen molar-refractivity contribution in [3.8, 4) is 0 Å². The third-order valence-electron chi connectivity index (χ3n) is 8.50. The van der Waals surface area contributed by atoms with E-state index in [0.29, 0.717) is 44.6 Å². The van der Waals surface area contributed by atoms with Crippen molar-refractivity contribution >= 4 is 25.0 Å². The van der Waals surface area contributed by atoms with Crippen LogP contribution in [0.3, 0.4) is 0 Å². The number of carbonyl (C=O) groups is 3. The predicted molar refractivity (Wildman–Crippen MR) is 123 cm³/mol. The molecule has 2 aliphatic heterocycles. The first kappa shape index (κ1) is 25.3. The lowest BCUT2D eigenvalue weighted by Crippen LogP contribution is -2.65. The van der Waals surface area contributed by atoms with Crippen molar-refractivity contribution < 1.29 is 33.2 Å². The van der Waals surface area contributed by atoms with E-state index in [9.17, 15) is 14.4 Å². The summed E-state index contributed by atoms with van der Waals surface area (Å²) in [7, 11) is -0.599. The summed E-state index contributed by atoms with van der Waals surface area (Å²) in [6.45, 7) is 10.5. The van der Waals surface area contributed by atoms with Crippen LogP contribution in [0.25, 0.3) is 0 Å². The first-order chi connectivity index (χ1) is 16.1. The summed E-state index contributed by atoms with van der Waals surface area (Å²) >= 11 is 0. The molecule has 190 valence electrons. The highest BCUT2D eigenvalue weighted by molar-refractivity contribution is 6.47. The van der Waals surface area contributed by atoms with E-state index in [0.717, 1.165) is 19.3 Å². The highest BCUT2D eigenvalue weighted by Gasteiger charge is 2.68. The van der Waals surface area contributed by atoms with Gasteiger partial charge in [-0.15, -0.1) is 0 Å². The number of nitrogens with one attached hydrogen (secondary N) is 1. The van der Waals surface area contributed by atoms with Crippen LogP contribution in [0, 0.1) is 17.3 Å². The molecule has 0 radical (unpaired) electrons. The molecule has 0 aromatic rings. The number of ether oxygens (including phenoxy) is 2. The Hall–Kier alpha value is -1.85. The molecular formula is C23H38BN3O7. The Labute approximate surface area is 201 Å². The summed E-state index contributed by atoms with van der Waals surface area (Å²) in [5.41, 5.74) is 5.03. The van der Waals surface area contributed by atoms with Crippen LogP contribution in [0.4, 0.5) is 4.79 Å². The summed E-state index contributed by atoms with van der Waals surface area (Å²) < 4.78 is 23.2. The second-order valence-electron chi connectivity index (χ2n) is 10.9. The number of morpholine rings is 1. The van der Waals surface area contributed by atoms with E-state index in [-0.39, 0.29) is 23.8 Å². The fourth-order valence-corrected chi connectivity index (χ4v) is 6.36. The maximum atomic E-state index is 13.2. The van der Waals surface area contributed by atoms with E-state index in [1.54, 1.807) is 4.90 Å². The third-order valence-corrected chi connectivity index (χ3v) is 8.50. The molecule has 11 heteroatoms. The SMILES string of the molecule is CCC[C@H](NC(=O)C(CC(=O)N1CCOCC1)OC(N)=O)B1O[C@@H]2C[C@@H]3C[C@@H](C3(C)C)[C@]2(C)O1. The Morgan fingerprint density at radius 1 is 1.21 bits per heavy atom. The molecule has 10 nitrogen and oxygen atoms in total. The van der Waals surface area contributed by atoms with Gasteiger partial charge in [-0.1, -0.05) is 27.2 Å². The van der Waals surface area contributed by atoms with Crippen molar-refractivity contribution in [1.29, 1.82) is 0 Å². The second kappa shape index (κ2) is 9.66. The minimum atomic E-state index is -1.32. The maximum absolute atomic E-state index is 13.2. The van der Waals surface area contributed by atoms with E-state index >= 15 is 0 Å². The molecule has 3 amide bonds. The van der Waals surface area contributed by atoms with Gasteiger partial charge in [0, 0.05) is 13.1 Å². The minimum Gasteiger partial charge on any atom is -0.436 e. The molecule has 6 atom stereocenters. The van der Waals surface area contributed by atoms with Crippen LogP contribution >= 0.6 is 0 Å². The van der Waals surface area contributed by atoms with Gasteiger partial charge in [0.25, 0.3) is 5.91 Å². The molecule has 0 aromatic heterocycles. The Bertz CT molecular complexity index is 805. The van der Waals surface area contributed by atoms with Crippen LogP contribution < -0.4 is 11.1 Å². The van der Waals surface area contributed by atoms with Gasteiger partial charge in [-0.2, -0.15) is 0 Å². The fourth-order valence-electron chi connectivity index (χ4n) is 6.36. The number of hydrogen-bond donors (Lipinski definition) is 2. The second-order valence-corrected chi connectivity index (χ2v) is 10.9. The van der Waals surface area contributed by atoms with Crippen LogP contribution in [0.1, 0.15) is 59.8 Å². The first-order valence-electron chi connectivity index (χ1n) is 12.5. The lowest BCUT2D eigenvalue weighted by atomic mass is 9.43. The van der Waals surface area contributed by atoms with Gasteiger partial charge >= 0.3 is 13.2 Å². The third kappa shape index (κ3) is 4.66. The number of nitrogens with two attached hydrogens (primary N) is 1. The molecule has 3 aliphatic carbocycles. The fraction of sp³-hybridized carbons (Fsp3) is 0.870. The molecule has 5 fully saturated rings. The number of nitrogens with zero attached hydrogens (tertiary/aromatic N) is 1. The summed E-state index contributed by atoms with van der Waals surface area (Å²) in [5.74, 6) is -0.264. The van der Waals surface area contributed by atoms with Gasteiger partial charge < -0.3 is 34.7 Å². The largest absolute Gasteiger partial charge is 0.481 e. The summed E-state index contributed by atoms with van der Waals surface area (Å²) in [6.07, 6.45) is 0.792. The average Bonchev–Trinajstić information content (AvgIpc) is 3.15. The number of amides is 3. The molecule has 5 rings (SSSR count). The maximum Gasteiger partial charge on any atom is 0.481 e. The number of hydrogen-bond acceptors (Lipinski definition) is 7. The number of rotatable bonds is 8. The van der Waals surface area contributed by atoms with Gasteiger partial charge in [0.05, 0.1) is 37.3 Å². The summed E-state index contributed by atoms with van der Waals surface area (Å²) in [5, 5.41) is 2.93. The molecule has 0 aromatic carbocycles. The lowest BCUT2D eigenvalue weighted by Gasteiger charge is -2.64. The highest BCUT2D eigenvalue weighted by atomic mass is 16.7. The standard InChI is InChI=1S/C23H38BN3O7/c1-5-6-18(24-33-17-12-14-11-16(22(14,2)3)23(17,4)34-24)26-20(29)15(32-21(25)30)13-19(28)27-7-9-31-10-8-27/h14-18H,5-13H2,1-4H3,(H2,25,30)(H,26,29)/t14-,15?,16-,17+,18-,23-/m0/s1. The van der Waals surface area contributed by atoms with E-state index < -0.39 is 36.8 Å². The molecule has 1 unspecified atom stereocenters. The highest BCUT2D eigenvalue weighted by Crippen LogP contribution is 2.65. The summed E-state index contributed by atoms with van der Waals surface area (Å²) in [6, 6.07) is 0. The zero-order valence-electron chi connectivity index (χ0n) is 20.7. The molecule has 0 spiro atoms. The van der Waals surface area contributed by atoms with Gasteiger partial charge in [-0.25, -0.2) is 4.79 Å². The molecule has 34 heavy (non-hydrogen) atoms. The van der Waals surface area contributed by atoms with Crippen LogP contribution in [-0.4, -0.2) is 80.0 Å². The van der Waals surface area contributed by atoms with Crippen molar-refractivity contribution in [2.24, 2.45) is 23.0 Å². The molecular weight excluding hydrogens is 441 g/mol. The molecule has 2 heterocycles. The molecule has 5 aliphatic rings. The smallest absolute Gasteiger partial charge is 0.436 e. The minimum absolute atomic E-state index is 0.00824. The molecule has 3 saturated carbocycles. The van der Waals surface area contributed by atoms with Gasteiger partial charge in [-0.3, -0.25) is 9.59 Å². The molecule has 3 N–H and O–H groups in total. The zero-order chi connectivity index (χ0) is 24.7. The normalized spacial score (nSPS) is 33.4. The van der Waals surface area contributed by atoms with Gasteiger partial charge in [-0.05, 0) is 43.4 Å². The van der Waals surface area contributed by atoms with E-state index in [1.807, 2.05) is 6.92 Å². The Morgan fingerprint density at radius 2 is 1.91 bits per heavy atom. The first-order valence-corrected chi connectivity index (χ1v) is 12.5. The monoisotopic (exact) mass is 479 g/mol. The van der Waals surface area contributed by atoms with Crippen molar-refractivity contribution in [2.75, 3.05) is 26.3 Å². The Kier molecular flexibility index (Phi) is 7.17. The van der Waals surface area contributed by atoms with E-state index in [2.05, 4.69) is 26.1 Å².